The normalized spacial score (nSPS) is 18.4. The molecule has 2 aromatic rings. The summed E-state index contributed by atoms with van der Waals surface area (Å²) in [4.78, 5) is 31.3. The smallest absolute Gasteiger partial charge is 0.272 e. The summed E-state index contributed by atoms with van der Waals surface area (Å²) in [5.74, 6) is -1.05. The van der Waals surface area contributed by atoms with Crippen LogP contribution in [0.2, 0.25) is 0 Å². The van der Waals surface area contributed by atoms with Crippen molar-refractivity contribution in [3.8, 4) is 0 Å². The fourth-order valence-corrected chi connectivity index (χ4v) is 3.75. The van der Waals surface area contributed by atoms with E-state index in [0.29, 0.717) is 31.6 Å². The molecule has 1 spiro atoms. The number of carbonyl (C=O) groups excluding carboxylic acids is 2. The Morgan fingerprint density at radius 3 is 2.44 bits per heavy atom. The van der Waals surface area contributed by atoms with Crippen molar-refractivity contribution in [1.82, 2.24) is 10.2 Å². The number of hydrogen-bond donors (Lipinski definition) is 1. The predicted molar refractivity (Wildman–Crippen MR) is 103 cm³/mol. The van der Waals surface area contributed by atoms with Crippen LogP contribution in [0.1, 0.15) is 28.8 Å². The van der Waals surface area contributed by atoms with Crippen LogP contribution >= 0.6 is 15.9 Å². The fourth-order valence-electron chi connectivity index (χ4n) is 3.49. The highest BCUT2D eigenvalue weighted by atomic mass is 79.9. The maximum atomic E-state index is 13.9. The second kappa shape index (κ2) is 6.88. The van der Waals surface area contributed by atoms with E-state index in [9.17, 15) is 14.0 Å². The molecule has 0 radical (unpaired) electrons. The van der Waals surface area contributed by atoms with Gasteiger partial charge in [0.2, 0.25) is 0 Å². The van der Waals surface area contributed by atoms with Crippen LogP contribution in [0.4, 0.5) is 4.39 Å². The van der Waals surface area contributed by atoms with Crippen molar-refractivity contribution in [2.45, 2.75) is 18.5 Å². The summed E-state index contributed by atoms with van der Waals surface area (Å²) < 4.78 is 14.8. The molecule has 0 aliphatic carbocycles. The van der Waals surface area contributed by atoms with Gasteiger partial charge >= 0.3 is 0 Å². The number of piperidine rings is 1. The van der Waals surface area contributed by atoms with Crippen molar-refractivity contribution in [3.63, 3.8) is 0 Å². The monoisotopic (exact) mass is 429 g/mol. The van der Waals surface area contributed by atoms with Gasteiger partial charge in [-0.25, -0.2) is 4.39 Å². The highest BCUT2D eigenvalue weighted by molar-refractivity contribution is 9.10. The highest BCUT2D eigenvalue weighted by Gasteiger charge is 2.43. The van der Waals surface area contributed by atoms with Crippen LogP contribution < -0.4 is 5.32 Å². The second-order valence-electron chi connectivity index (χ2n) is 6.73. The van der Waals surface area contributed by atoms with Gasteiger partial charge in [0.25, 0.3) is 11.8 Å². The SMILES string of the molecule is O=C1NC2(CCN(C(=O)c3ccccc3F)CC2)N=C1c1ccc(Br)cc1. The first-order chi connectivity index (χ1) is 13.0. The van der Waals surface area contributed by atoms with Gasteiger partial charge in [-0.1, -0.05) is 40.2 Å². The number of likely N-dealkylation sites (tertiary alicyclic amines) is 1. The van der Waals surface area contributed by atoms with E-state index in [1.807, 2.05) is 24.3 Å². The quantitative estimate of drug-likeness (QED) is 0.796. The van der Waals surface area contributed by atoms with Gasteiger partial charge in [-0.05, 0) is 24.3 Å². The number of nitrogens with zero attached hydrogens (tertiary/aromatic N) is 2. The molecule has 1 fully saturated rings. The van der Waals surface area contributed by atoms with Crippen LogP contribution in [0.25, 0.3) is 0 Å². The second-order valence-corrected chi connectivity index (χ2v) is 7.64. The largest absolute Gasteiger partial charge is 0.338 e. The van der Waals surface area contributed by atoms with Crippen molar-refractivity contribution in [2.24, 2.45) is 4.99 Å². The van der Waals surface area contributed by atoms with Crippen LogP contribution in [0.5, 0.6) is 0 Å². The maximum absolute atomic E-state index is 13.9. The molecule has 0 aromatic heterocycles. The molecule has 2 heterocycles. The van der Waals surface area contributed by atoms with Crippen molar-refractivity contribution < 1.29 is 14.0 Å². The number of benzene rings is 2. The Hall–Kier alpha value is -2.54. The summed E-state index contributed by atoms with van der Waals surface area (Å²) in [5, 5.41) is 2.98. The average molecular weight is 430 g/mol. The van der Waals surface area contributed by atoms with Crippen LogP contribution in [0.3, 0.4) is 0 Å². The topological polar surface area (TPSA) is 61.8 Å². The number of carbonyl (C=O) groups is 2. The van der Waals surface area contributed by atoms with Crippen LogP contribution in [-0.4, -0.2) is 41.2 Å². The van der Waals surface area contributed by atoms with Gasteiger partial charge in [-0.3, -0.25) is 14.6 Å². The third-order valence-corrected chi connectivity index (χ3v) is 5.52. The van der Waals surface area contributed by atoms with Crippen LogP contribution in [-0.2, 0) is 4.79 Å². The zero-order valence-electron chi connectivity index (χ0n) is 14.4. The van der Waals surface area contributed by atoms with Crippen molar-refractivity contribution >= 4 is 33.5 Å². The molecule has 0 atom stereocenters. The molecule has 0 unspecified atom stereocenters. The Balaban J connectivity index is 1.50. The van der Waals surface area contributed by atoms with Crippen molar-refractivity contribution in [3.05, 3.63) is 69.9 Å². The highest BCUT2D eigenvalue weighted by Crippen LogP contribution is 2.30. The van der Waals surface area contributed by atoms with E-state index in [1.165, 1.54) is 12.1 Å². The molecular formula is C20H17BrFN3O2. The van der Waals surface area contributed by atoms with Gasteiger partial charge in [0.1, 0.15) is 17.2 Å². The summed E-state index contributed by atoms with van der Waals surface area (Å²) in [6.45, 7) is 0.815. The van der Waals surface area contributed by atoms with Gasteiger partial charge in [-0.2, -0.15) is 0 Å². The molecule has 0 bridgehead atoms. The maximum Gasteiger partial charge on any atom is 0.272 e. The number of halogens is 2. The number of hydrogen-bond acceptors (Lipinski definition) is 3. The summed E-state index contributed by atoms with van der Waals surface area (Å²) in [7, 11) is 0. The lowest BCUT2D eigenvalue weighted by Gasteiger charge is -2.37. The Labute approximate surface area is 164 Å². The summed E-state index contributed by atoms with van der Waals surface area (Å²) in [6.07, 6.45) is 0.998. The first-order valence-electron chi connectivity index (χ1n) is 8.70. The Bertz CT molecular complexity index is 934. The van der Waals surface area contributed by atoms with E-state index < -0.39 is 11.5 Å². The first-order valence-corrected chi connectivity index (χ1v) is 9.49. The standard InChI is InChI=1S/C20H17BrFN3O2/c21-14-7-5-13(6-8-14)17-18(26)24-20(23-17)9-11-25(12-10-20)19(27)15-3-1-2-4-16(15)22/h1-8H,9-12H2,(H,24,26). The molecule has 2 aliphatic rings. The molecule has 5 nitrogen and oxygen atoms in total. The third kappa shape index (κ3) is 3.39. The van der Waals surface area contributed by atoms with E-state index in [4.69, 9.17) is 0 Å². The molecule has 2 aromatic carbocycles. The molecule has 4 rings (SSSR count). The molecule has 2 amide bonds. The van der Waals surface area contributed by atoms with Gasteiger partial charge in [0, 0.05) is 36.0 Å². The van der Waals surface area contributed by atoms with Crippen molar-refractivity contribution in [2.75, 3.05) is 13.1 Å². The minimum Gasteiger partial charge on any atom is -0.338 e. The number of aliphatic imine (C=N–C) groups is 1. The summed E-state index contributed by atoms with van der Waals surface area (Å²) in [5.41, 5.74) is 0.558. The number of amides is 2. The van der Waals surface area contributed by atoms with Crippen LogP contribution in [0.15, 0.2) is 58.0 Å². The van der Waals surface area contributed by atoms with Gasteiger partial charge < -0.3 is 10.2 Å². The third-order valence-electron chi connectivity index (χ3n) is 4.99. The molecule has 0 saturated carbocycles. The van der Waals surface area contributed by atoms with E-state index in [-0.39, 0.29) is 17.4 Å². The molecule has 27 heavy (non-hydrogen) atoms. The molecule has 2 aliphatic heterocycles. The minimum absolute atomic E-state index is 0.0722. The minimum atomic E-state index is -0.689. The Morgan fingerprint density at radius 1 is 1.11 bits per heavy atom. The number of nitrogens with one attached hydrogen (secondary N) is 1. The molecule has 138 valence electrons. The summed E-state index contributed by atoms with van der Waals surface area (Å²) >= 11 is 3.38. The first kappa shape index (κ1) is 17.9. The zero-order chi connectivity index (χ0) is 19.0. The lowest BCUT2D eigenvalue weighted by molar-refractivity contribution is -0.115. The van der Waals surface area contributed by atoms with E-state index in [1.54, 1.807) is 17.0 Å². The predicted octanol–water partition coefficient (Wildman–Crippen LogP) is 3.14. The van der Waals surface area contributed by atoms with E-state index in [0.717, 1.165) is 10.0 Å². The van der Waals surface area contributed by atoms with Crippen LogP contribution in [0, 0.1) is 5.82 Å². The van der Waals surface area contributed by atoms with Crippen molar-refractivity contribution in [1.29, 1.82) is 0 Å². The van der Waals surface area contributed by atoms with Gasteiger partial charge in [0.15, 0.2) is 0 Å². The average Bonchev–Trinajstić information content (AvgIpc) is 2.99. The fraction of sp³-hybridized carbons (Fsp3) is 0.250. The van der Waals surface area contributed by atoms with Gasteiger partial charge in [-0.15, -0.1) is 0 Å². The molecular weight excluding hydrogens is 413 g/mol. The Morgan fingerprint density at radius 2 is 1.78 bits per heavy atom. The van der Waals surface area contributed by atoms with E-state index in [2.05, 4.69) is 26.2 Å². The van der Waals surface area contributed by atoms with Gasteiger partial charge in [0.05, 0.1) is 5.56 Å². The molecule has 1 N–H and O–H groups in total. The lowest BCUT2D eigenvalue weighted by atomic mass is 9.97. The molecule has 1 saturated heterocycles. The molecule has 7 heteroatoms. The van der Waals surface area contributed by atoms with E-state index >= 15 is 0 Å². The Kier molecular flexibility index (Phi) is 4.55. The zero-order valence-corrected chi connectivity index (χ0v) is 16.0. The summed E-state index contributed by atoms with van der Waals surface area (Å²) in [6, 6.07) is 13.4. The number of rotatable bonds is 2. The lowest BCUT2D eigenvalue weighted by Crippen LogP contribution is -2.52.